The van der Waals surface area contributed by atoms with Gasteiger partial charge in [-0.05, 0) is 98.4 Å². The molecule has 4 aliphatic carbocycles. The monoisotopic (exact) mass is 486 g/mol. The van der Waals surface area contributed by atoms with Crippen molar-refractivity contribution in [2.75, 3.05) is 0 Å². The third kappa shape index (κ3) is 3.00. The normalized spacial score (nSPS) is 51.7. The number of Topliss-reactive ketones (excluding diaryl/α,β-unsaturated/α-hetero) is 1. The standard InChI is InChI=1S/C30H46O5/c1-17(14-19-15-18(2)24(33)35-19)20-8-10-29(7)25(34)30(13-12-27(20,29)5)23(32)16-21-26(3,4)22(31)9-11-28(21,30)6/h15,17,19-23,31-32H,8-14,16H2,1-7H3/t17-,19-,20-,21+,22-,23+,27-,28+,29+,30+/m1/s1. The first-order chi connectivity index (χ1) is 16.1. The minimum absolute atomic E-state index is 0.131. The van der Waals surface area contributed by atoms with Crippen molar-refractivity contribution in [3.8, 4) is 0 Å². The van der Waals surface area contributed by atoms with Crippen molar-refractivity contribution >= 4 is 11.8 Å². The number of esters is 1. The van der Waals surface area contributed by atoms with Gasteiger partial charge >= 0.3 is 5.97 Å². The molecule has 0 bridgehead atoms. The molecule has 0 unspecified atom stereocenters. The van der Waals surface area contributed by atoms with Gasteiger partial charge in [0.15, 0.2) is 0 Å². The lowest BCUT2D eigenvalue weighted by Gasteiger charge is -2.62. The van der Waals surface area contributed by atoms with E-state index in [1.807, 2.05) is 13.0 Å². The molecule has 0 aromatic rings. The maximum Gasteiger partial charge on any atom is 0.334 e. The molecule has 1 aliphatic heterocycles. The second-order valence-corrected chi connectivity index (χ2v) is 14.3. The summed E-state index contributed by atoms with van der Waals surface area (Å²) in [6, 6.07) is 0. The van der Waals surface area contributed by atoms with Gasteiger partial charge in [0.1, 0.15) is 11.9 Å². The number of cyclic esters (lactones) is 1. The number of rotatable bonds is 3. The summed E-state index contributed by atoms with van der Waals surface area (Å²) in [5.74, 6) is 0.936. The van der Waals surface area contributed by atoms with Gasteiger partial charge in [0.2, 0.25) is 0 Å². The molecule has 4 saturated carbocycles. The molecule has 0 saturated heterocycles. The highest BCUT2D eigenvalue weighted by molar-refractivity contribution is 5.94. The van der Waals surface area contributed by atoms with Crippen LogP contribution in [0.1, 0.15) is 99.8 Å². The third-order valence-electron chi connectivity index (χ3n) is 12.8. The summed E-state index contributed by atoms with van der Waals surface area (Å²) in [6.07, 6.45) is 7.20. The van der Waals surface area contributed by atoms with E-state index in [1.165, 1.54) is 0 Å². The summed E-state index contributed by atoms with van der Waals surface area (Å²) in [6.45, 7) is 15.1. The Morgan fingerprint density at radius 2 is 1.66 bits per heavy atom. The van der Waals surface area contributed by atoms with E-state index in [2.05, 4.69) is 41.5 Å². The largest absolute Gasteiger partial charge is 0.455 e. The van der Waals surface area contributed by atoms with Gasteiger partial charge in [-0.25, -0.2) is 4.79 Å². The number of fused-ring (bicyclic) bond motifs is 3. The van der Waals surface area contributed by atoms with E-state index in [4.69, 9.17) is 4.74 Å². The smallest absolute Gasteiger partial charge is 0.334 e. The Bertz CT molecular complexity index is 968. The lowest BCUT2D eigenvalue weighted by atomic mass is 9.41. The molecule has 2 N–H and O–H groups in total. The molecule has 1 spiro atoms. The maximum absolute atomic E-state index is 14.8. The van der Waals surface area contributed by atoms with Gasteiger partial charge in [-0.2, -0.15) is 0 Å². The van der Waals surface area contributed by atoms with Gasteiger partial charge in [-0.15, -0.1) is 0 Å². The minimum Gasteiger partial charge on any atom is -0.455 e. The van der Waals surface area contributed by atoms with Crippen LogP contribution in [0.2, 0.25) is 0 Å². The van der Waals surface area contributed by atoms with Crippen LogP contribution >= 0.6 is 0 Å². The molecule has 1 heterocycles. The van der Waals surface area contributed by atoms with E-state index < -0.39 is 16.9 Å². The molecule has 0 amide bonds. The van der Waals surface area contributed by atoms with Crippen molar-refractivity contribution in [2.24, 2.45) is 44.8 Å². The molecule has 10 atom stereocenters. The van der Waals surface area contributed by atoms with E-state index in [-0.39, 0.29) is 40.3 Å². The van der Waals surface area contributed by atoms with Crippen molar-refractivity contribution in [3.05, 3.63) is 11.6 Å². The summed E-state index contributed by atoms with van der Waals surface area (Å²) < 4.78 is 5.56. The average Bonchev–Trinajstić information content (AvgIpc) is 3.33. The number of aliphatic hydroxyl groups is 2. The molecule has 196 valence electrons. The van der Waals surface area contributed by atoms with Crippen molar-refractivity contribution < 1.29 is 24.5 Å². The van der Waals surface area contributed by atoms with E-state index in [0.29, 0.717) is 36.0 Å². The molecule has 0 radical (unpaired) electrons. The molecule has 35 heavy (non-hydrogen) atoms. The van der Waals surface area contributed by atoms with Crippen LogP contribution in [0, 0.1) is 44.8 Å². The van der Waals surface area contributed by atoms with E-state index in [0.717, 1.165) is 38.5 Å². The summed E-state index contributed by atoms with van der Waals surface area (Å²) in [4.78, 5) is 26.7. The van der Waals surface area contributed by atoms with Crippen LogP contribution in [0.5, 0.6) is 0 Å². The van der Waals surface area contributed by atoms with Gasteiger partial charge < -0.3 is 14.9 Å². The molecule has 5 aliphatic rings. The fourth-order valence-electron chi connectivity index (χ4n) is 10.3. The topological polar surface area (TPSA) is 83.8 Å². The van der Waals surface area contributed by atoms with Crippen molar-refractivity contribution in [3.63, 3.8) is 0 Å². The van der Waals surface area contributed by atoms with Crippen LogP contribution < -0.4 is 0 Å². The molecule has 0 aromatic carbocycles. The summed E-state index contributed by atoms with van der Waals surface area (Å²) in [7, 11) is 0. The molecular weight excluding hydrogens is 440 g/mol. The number of hydrogen-bond acceptors (Lipinski definition) is 5. The van der Waals surface area contributed by atoms with Crippen molar-refractivity contribution in [1.82, 2.24) is 0 Å². The Hall–Kier alpha value is -1.20. The first kappa shape index (κ1) is 25.4. The SMILES string of the molecule is CC1=C[C@@H](C[C@@H](C)[C@H]2CC[C@@]3(C)C(=O)[C@]4(CC[C@]23C)[C@@H](O)C[C@H]2C(C)(C)[C@H](O)CC[C@@]24C)OC1=O. The van der Waals surface area contributed by atoms with Crippen LogP contribution in [0.4, 0.5) is 0 Å². The highest BCUT2D eigenvalue weighted by Crippen LogP contribution is 2.76. The van der Waals surface area contributed by atoms with Gasteiger partial charge in [0, 0.05) is 11.0 Å². The Balaban J connectivity index is 1.45. The Morgan fingerprint density at radius 1 is 0.971 bits per heavy atom. The maximum atomic E-state index is 14.8. The molecule has 4 fully saturated rings. The molecule has 0 aromatic heterocycles. The zero-order valence-electron chi connectivity index (χ0n) is 22.8. The van der Waals surface area contributed by atoms with Crippen LogP contribution in [0.15, 0.2) is 11.6 Å². The molecule has 5 rings (SSSR count). The Labute approximate surface area is 211 Å². The quantitative estimate of drug-likeness (QED) is 0.534. The van der Waals surface area contributed by atoms with E-state index in [9.17, 15) is 19.8 Å². The van der Waals surface area contributed by atoms with Crippen molar-refractivity contribution in [2.45, 2.75) is 118 Å². The number of carbonyl (C=O) groups is 2. The third-order valence-corrected chi connectivity index (χ3v) is 12.8. The van der Waals surface area contributed by atoms with Crippen molar-refractivity contribution in [1.29, 1.82) is 0 Å². The first-order valence-electron chi connectivity index (χ1n) is 14.0. The number of carbonyl (C=O) groups excluding carboxylic acids is 2. The fourth-order valence-corrected chi connectivity index (χ4v) is 10.3. The number of aliphatic hydroxyl groups excluding tert-OH is 2. The second-order valence-electron chi connectivity index (χ2n) is 14.3. The fraction of sp³-hybridized carbons (Fsp3) is 0.867. The van der Waals surface area contributed by atoms with E-state index in [1.54, 1.807) is 0 Å². The second kappa shape index (κ2) is 7.66. The van der Waals surface area contributed by atoms with E-state index >= 15 is 0 Å². The molecule has 5 nitrogen and oxygen atoms in total. The summed E-state index contributed by atoms with van der Waals surface area (Å²) in [5, 5.41) is 22.5. The predicted octanol–water partition coefficient (Wildman–Crippen LogP) is 5.22. The molecular formula is C30H46O5. The molecule has 5 heteroatoms. The Kier molecular flexibility index (Phi) is 5.57. The number of ether oxygens (including phenoxy) is 1. The number of ketones is 1. The van der Waals surface area contributed by atoms with Gasteiger partial charge in [-0.3, -0.25) is 4.79 Å². The minimum atomic E-state index is -0.720. The summed E-state index contributed by atoms with van der Waals surface area (Å²) >= 11 is 0. The lowest BCUT2D eigenvalue weighted by molar-refractivity contribution is -0.186. The highest BCUT2D eigenvalue weighted by atomic mass is 16.5. The van der Waals surface area contributed by atoms with Gasteiger partial charge in [-0.1, -0.05) is 41.5 Å². The predicted molar refractivity (Wildman–Crippen MR) is 134 cm³/mol. The van der Waals surface area contributed by atoms with Gasteiger partial charge in [0.05, 0.1) is 17.6 Å². The van der Waals surface area contributed by atoms with Crippen LogP contribution in [-0.4, -0.2) is 40.3 Å². The zero-order valence-corrected chi connectivity index (χ0v) is 22.8. The average molecular weight is 487 g/mol. The van der Waals surface area contributed by atoms with Gasteiger partial charge in [0.25, 0.3) is 0 Å². The highest BCUT2D eigenvalue weighted by Gasteiger charge is 2.76. The van der Waals surface area contributed by atoms with Crippen LogP contribution in [0.3, 0.4) is 0 Å². The zero-order chi connectivity index (χ0) is 25.8. The number of hydrogen-bond donors (Lipinski definition) is 2. The van der Waals surface area contributed by atoms with Crippen LogP contribution in [0.25, 0.3) is 0 Å². The Morgan fingerprint density at radius 3 is 2.29 bits per heavy atom. The van der Waals surface area contributed by atoms with Crippen LogP contribution in [-0.2, 0) is 14.3 Å². The first-order valence-corrected chi connectivity index (χ1v) is 14.0. The lowest BCUT2D eigenvalue weighted by Crippen LogP contribution is -2.64. The summed E-state index contributed by atoms with van der Waals surface area (Å²) in [5.41, 5.74) is -1.23.